The summed E-state index contributed by atoms with van der Waals surface area (Å²) >= 11 is 0. The largest absolute Gasteiger partial charge is 0.334 e. The molecule has 0 aromatic carbocycles. The minimum absolute atomic E-state index is 0.0419. The normalized spacial score (nSPS) is 10.8. The molecule has 20 heavy (non-hydrogen) atoms. The van der Waals surface area contributed by atoms with Gasteiger partial charge in [0.15, 0.2) is 0 Å². The molecule has 0 N–H and O–H groups in total. The fourth-order valence-corrected chi connectivity index (χ4v) is 1.89. The van der Waals surface area contributed by atoms with Crippen molar-refractivity contribution in [1.29, 1.82) is 0 Å². The Morgan fingerprint density at radius 2 is 2.15 bits per heavy atom. The van der Waals surface area contributed by atoms with Crippen molar-refractivity contribution in [2.75, 3.05) is 6.54 Å². The van der Waals surface area contributed by atoms with E-state index in [1.54, 1.807) is 17.2 Å². The lowest BCUT2D eigenvalue weighted by atomic mass is 10.2. The zero-order valence-electron chi connectivity index (χ0n) is 12.0. The van der Waals surface area contributed by atoms with Crippen molar-refractivity contribution < 1.29 is 4.79 Å². The topological polar surface area (TPSA) is 63.9 Å². The second kappa shape index (κ2) is 6.27. The van der Waals surface area contributed by atoms with E-state index in [2.05, 4.69) is 29.1 Å². The molecule has 6 nitrogen and oxygen atoms in total. The average Bonchev–Trinajstić information content (AvgIpc) is 2.94. The smallest absolute Gasteiger partial charge is 0.255 e. The Balaban J connectivity index is 2.10. The highest BCUT2D eigenvalue weighted by Crippen LogP contribution is 2.10. The van der Waals surface area contributed by atoms with Crippen molar-refractivity contribution >= 4 is 5.91 Å². The quantitative estimate of drug-likeness (QED) is 0.835. The molecule has 0 saturated carbocycles. The van der Waals surface area contributed by atoms with Gasteiger partial charge in [0.1, 0.15) is 0 Å². The molecule has 0 atom stereocenters. The number of hydrogen-bond acceptors (Lipinski definition) is 4. The van der Waals surface area contributed by atoms with Gasteiger partial charge in [0.2, 0.25) is 0 Å². The van der Waals surface area contributed by atoms with Gasteiger partial charge in [0.25, 0.3) is 5.91 Å². The lowest BCUT2D eigenvalue weighted by molar-refractivity contribution is 0.0752. The van der Waals surface area contributed by atoms with Crippen LogP contribution in [0.3, 0.4) is 0 Å². The summed E-state index contributed by atoms with van der Waals surface area (Å²) in [5, 5.41) is 11.7. The van der Waals surface area contributed by atoms with Crippen LogP contribution in [0.5, 0.6) is 0 Å². The molecule has 0 bridgehead atoms. The maximum absolute atomic E-state index is 12.4. The average molecular weight is 273 g/mol. The standard InChI is InChI=1S/C14H19N5O/c1-4-18(14(20)13-5-6-15-16-8-13)9-12-7-17-19(10-12)11(2)3/h5-8,10-11H,4,9H2,1-3H3. The zero-order valence-corrected chi connectivity index (χ0v) is 12.0. The molecule has 0 saturated heterocycles. The third-order valence-corrected chi connectivity index (χ3v) is 3.06. The van der Waals surface area contributed by atoms with Crippen LogP contribution in [0, 0.1) is 0 Å². The molecular weight excluding hydrogens is 254 g/mol. The van der Waals surface area contributed by atoms with Crippen LogP contribution in [-0.4, -0.2) is 37.3 Å². The lowest BCUT2D eigenvalue weighted by Crippen LogP contribution is -2.30. The van der Waals surface area contributed by atoms with Gasteiger partial charge in [-0.05, 0) is 26.8 Å². The predicted molar refractivity (Wildman–Crippen MR) is 75.1 cm³/mol. The summed E-state index contributed by atoms with van der Waals surface area (Å²) in [4.78, 5) is 14.1. The van der Waals surface area contributed by atoms with Crippen LogP contribution in [0.4, 0.5) is 0 Å². The molecule has 6 heteroatoms. The summed E-state index contributed by atoms with van der Waals surface area (Å²) in [6.45, 7) is 7.28. The van der Waals surface area contributed by atoms with Crippen molar-refractivity contribution in [1.82, 2.24) is 24.9 Å². The van der Waals surface area contributed by atoms with Crippen LogP contribution < -0.4 is 0 Å². The van der Waals surface area contributed by atoms with Gasteiger partial charge in [-0.1, -0.05) is 0 Å². The Hall–Kier alpha value is -2.24. The van der Waals surface area contributed by atoms with Crippen molar-refractivity contribution in [3.63, 3.8) is 0 Å². The summed E-state index contributed by atoms with van der Waals surface area (Å²) in [7, 11) is 0. The van der Waals surface area contributed by atoms with E-state index >= 15 is 0 Å². The van der Waals surface area contributed by atoms with Crippen LogP contribution >= 0.6 is 0 Å². The molecule has 0 aliphatic rings. The third-order valence-electron chi connectivity index (χ3n) is 3.06. The molecule has 0 fully saturated rings. The van der Waals surface area contributed by atoms with Gasteiger partial charge in [0.05, 0.1) is 24.2 Å². The number of aromatic nitrogens is 4. The van der Waals surface area contributed by atoms with E-state index in [-0.39, 0.29) is 5.91 Å². The number of carbonyl (C=O) groups is 1. The van der Waals surface area contributed by atoms with Gasteiger partial charge in [0, 0.05) is 30.9 Å². The molecule has 2 heterocycles. The molecule has 0 aliphatic carbocycles. The van der Waals surface area contributed by atoms with E-state index in [0.29, 0.717) is 24.7 Å². The third kappa shape index (κ3) is 3.20. The summed E-state index contributed by atoms with van der Waals surface area (Å²) in [5.41, 5.74) is 1.58. The molecule has 0 aliphatic heterocycles. The Labute approximate surface area is 118 Å². The first-order valence-corrected chi connectivity index (χ1v) is 6.70. The molecule has 1 amide bonds. The molecule has 0 spiro atoms. The Kier molecular flexibility index (Phi) is 4.45. The Morgan fingerprint density at radius 3 is 2.70 bits per heavy atom. The minimum Gasteiger partial charge on any atom is -0.334 e. The maximum atomic E-state index is 12.4. The van der Waals surface area contributed by atoms with E-state index in [9.17, 15) is 4.79 Å². The minimum atomic E-state index is -0.0419. The fourth-order valence-electron chi connectivity index (χ4n) is 1.89. The molecule has 2 aromatic heterocycles. The first-order chi connectivity index (χ1) is 9.61. The first-order valence-electron chi connectivity index (χ1n) is 6.70. The number of rotatable bonds is 5. The van der Waals surface area contributed by atoms with Gasteiger partial charge < -0.3 is 4.90 Å². The van der Waals surface area contributed by atoms with Crippen LogP contribution in [-0.2, 0) is 6.54 Å². The predicted octanol–water partition coefficient (Wildman–Crippen LogP) is 1.92. The highest BCUT2D eigenvalue weighted by Gasteiger charge is 2.15. The maximum Gasteiger partial charge on any atom is 0.255 e. The number of hydrogen-bond donors (Lipinski definition) is 0. The van der Waals surface area contributed by atoms with Crippen LogP contribution in [0.1, 0.15) is 42.7 Å². The van der Waals surface area contributed by atoms with Crippen LogP contribution in [0.15, 0.2) is 30.9 Å². The second-order valence-corrected chi connectivity index (χ2v) is 4.87. The van der Waals surface area contributed by atoms with Crippen LogP contribution in [0.2, 0.25) is 0 Å². The van der Waals surface area contributed by atoms with Gasteiger partial charge in [-0.3, -0.25) is 9.48 Å². The first kappa shape index (κ1) is 14.2. The van der Waals surface area contributed by atoms with Gasteiger partial charge in [-0.15, -0.1) is 0 Å². The van der Waals surface area contributed by atoms with E-state index in [1.165, 1.54) is 12.4 Å². The number of carbonyl (C=O) groups excluding carboxylic acids is 1. The second-order valence-electron chi connectivity index (χ2n) is 4.87. The highest BCUT2D eigenvalue weighted by molar-refractivity contribution is 5.93. The zero-order chi connectivity index (χ0) is 14.5. The Morgan fingerprint density at radius 1 is 1.35 bits per heavy atom. The molecule has 2 rings (SSSR count). The van der Waals surface area contributed by atoms with Crippen molar-refractivity contribution in [3.05, 3.63) is 42.0 Å². The SMILES string of the molecule is CCN(Cc1cnn(C(C)C)c1)C(=O)c1ccnnc1. The molecule has 2 aromatic rings. The monoisotopic (exact) mass is 273 g/mol. The lowest BCUT2D eigenvalue weighted by Gasteiger charge is -2.19. The molecule has 0 radical (unpaired) electrons. The van der Waals surface area contributed by atoms with Crippen molar-refractivity contribution in [3.8, 4) is 0 Å². The van der Waals surface area contributed by atoms with E-state index < -0.39 is 0 Å². The van der Waals surface area contributed by atoms with Gasteiger partial charge in [-0.25, -0.2) is 0 Å². The Bertz CT molecular complexity index is 564. The summed E-state index contributed by atoms with van der Waals surface area (Å²) in [6.07, 6.45) is 6.80. The fraction of sp³-hybridized carbons (Fsp3) is 0.429. The van der Waals surface area contributed by atoms with Gasteiger partial charge in [-0.2, -0.15) is 15.3 Å². The summed E-state index contributed by atoms with van der Waals surface area (Å²) in [6, 6.07) is 1.99. The van der Waals surface area contributed by atoms with E-state index in [0.717, 1.165) is 5.56 Å². The van der Waals surface area contributed by atoms with Crippen molar-refractivity contribution in [2.24, 2.45) is 0 Å². The number of nitrogens with zero attached hydrogens (tertiary/aromatic N) is 5. The number of amides is 1. The van der Waals surface area contributed by atoms with E-state index in [4.69, 9.17) is 0 Å². The van der Waals surface area contributed by atoms with Crippen molar-refractivity contribution in [2.45, 2.75) is 33.4 Å². The molecular formula is C14H19N5O. The summed E-state index contributed by atoms with van der Waals surface area (Å²) in [5.74, 6) is -0.0419. The molecule has 106 valence electrons. The highest BCUT2D eigenvalue weighted by atomic mass is 16.2. The summed E-state index contributed by atoms with van der Waals surface area (Å²) < 4.78 is 1.89. The molecule has 0 unspecified atom stereocenters. The van der Waals surface area contributed by atoms with Crippen LogP contribution in [0.25, 0.3) is 0 Å². The van der Waals surface area contributed by atoms with E-state index in [1.807, 2.05) is 17.8 Å². The van der Waals surface area contributed by atoms with Gasteiger partial charge >= 0.3 is 0 Å².